The molecule has 0 radical (unpaired) electrons. The second-order valence-corrected chi connectivity index (χ2v) is 7.04. The van der Waals surface area contributed by atoms with Crippen LogP contribution in [0.5, 0.6) is 0 Å². The summed E-state index contributed by atoms with van der Waals surface area (Å²) >= 11 is 6.24. The molecule has 1 aliphatic rings. The third-order valence-corrected chi connectivity index (χ3v) is 5.15. The first kappa shape index (κ1) is 17.7. The maximum atomic E-state index is 13.0. The summed E-state index contributed by atoms with van der Waals surface area (Å²) in [4.78, 5) is 29.8. The first-order valence-electron chi connectivity index (χ1n) is 8.72. The number of imidazole rings is 1. The number of carbonyl (C=O) groups excluding carboxylic acids is 1. The molecule has 1 saturated heterocycles. The first-order chi connectivity index (χ1) is 13.0. The highest BCUT2D eigenvalue weighted by Gasteiger charge is 2.32. The number of hydrogen-bond acceptors (Lipinski definition) is 6. The monoisotopic (exact) mass is 385 g/mol. The zero-order valence-electron chi connectivity index (χ0n) is 14.9. The lowest BCUT2D eigenvalue weighted by atomic mass is 10.2. The number of halogens is 1. The molecule has 1 amide bonds. The SMILES string of the molecule is CN(Cc1nccc(N)n1)[C@@H]1CCN(C(=O)c2c(Cl)nc3ccccn23)C1. The van der Waals surface area contributed by atoms with Crippen LogP contribution < -0.4 is 5.73 Å². The zero-order chi connectivity index (χ0) is 19.0. The largest absolute Gasteiger partial charge is 0.384 e. The van der Waals surface area contributed by atoms with Gasteiger partial charge in [0.2, 0.25) is 0 Å². The van der Waals surface area contributed by atoms with Gasteiger partial charge < -0.3 is 10.6 Å². The zero-order valence-corrected chi connectivity index (χ0v) is 15.7. The molecule has 140 valence electrons. The average molecular weight is 386 g/mol. The molecular weight excluding hydrogens is 366 g/mol. The highest BCUT2D eigenvalue weighted by Crippen LogP contribution is 2.23. The number of nitrogens with zero attached hydrogens (tertiary/aromatic N) is 6. The molecule has 0 saturated carbocycles. The van der Waals surface area contributed by atoms with Gasteiger partial charge in [-0.25, -0.2) is 15.0 Å². The van der Waals surface area contributed by atoms with Crippen LogP contribution in [0.4, 0.5) is 5.82 Å². The predicted molar refractivity (Wildman–Crippen MR) is 102 cm³/mol. The molecule has 1 atom stereocenters. The Kier molecular flexibility index (Phi) is 4.67. The Hall–Kier alpha value is -2.71. The Morgan fingerprint density at radius 1 is 1.37 bits per heavy atom. The maximum Gasteiger partial charge on any atom is 0.274 e. The van der Waals surface area contributed by atoms with Gasteiger partial charge in [-0.2, -0.15) is 0 Å². The van der Waals surface area contributed by atoms with Gasteiger partial charge in [-0.15, -0.1) is 0 Å². The van der Waals surface area contributed by atoms with E-state index in [4.69, 9.17) is 17.3 Å². The van der Waals surface area contributed by atoms with Crippen molar-refractivity contribution in [1.29, 1.82) is 0 Å². The van der Waals surface area contributed by atoms with E-state index in [0.29, 0.717) is 42.6 Å². The van der Waals surface area contributed by atoms with Crippen molar-refractivity contribution in [2.75, 3.05) is 25.9 Å². The number of carbonyl (C=O) groups is 1. The van der Waals surface area contributed by atoms with Crippen LogP contribution in [0.3, 0.4) is 0 Å². The van der Waals surface area contributed by atoms with Crippen molar-refractivity contribution < 1.29 is 4.79 Å². The fraction of sp³-hybridized carbons (Fsp3) is 0.333. The fourth-order valence-corrected chi connectivity index (χ4v) is 3.70. The summed E-state index contributed by atoms with van der Waals surface area (Å²) in [7, 11) is 2.01. The molecule has 4 rings (SSSR count). The topological polar surface area (TPSA) is 92.7 Å². The van der Waals surface area contributed by atoms with Crippen molar-refractivity contribution in [3.63, 3.8) is 0 Å². The molecule has 8 nitrogen and oxygen atoms in total. The molecule has 0 aromatic carbocycles. The molecule has 0 unspecified atom stereocenters. The lowest BCUT2D eigenvalue weighted by Gasteiger charge is -2.24. The molecule has 27 heavy (non-hydrogen) atoms. The molecule has 1 fully saturated rings. The third-order valence-electron chi connectivity index (χ3n) is 4.88. The molecule has 4 heterocycles. The number of likely N-dealkylation sites (tertiary alicyclic amines) is 1. The van der Waals surface area contributed by atoms with Crippen LogP contribution in [-0.2, 0) is 6.54 Å². The molecule has 3 aromatic rings. The quantitative estimate of drug-likeness (QED) is 0.734. The second kappa shape index (κ2) is 7.13. The molecule has 0 aliphatic carbocycles. The number of pyridine rings is 1. The van der Waals surface area contributed by atoms with E-state index in [2.05, 4.69) is 19.9 Å². The number of likely N-dealkylation sites (N-methyl/N-ethyl adjacent to an activating group) is 1. The lowest BCUT2D eigenvalue weighted by Crippen LogP contribution is -2.37. The van der Waals surface area contributed by atoms with E-state index in [1.54, 1.807) is 22.9 Å². The Balaban J connectivity index is 1.47. The predicted octanol–water partition coefficient (Wildman–Crippen LogP) is 1.71. The Labute approximate surface area is 161 Å². The molecular formula is C18H20ClN7O. The van der Waals surface area contributed by atoms with Crippen molar-refractivity contribution in [2.45, 2.75) is 19.0 Å². The van der Waals surface area contributed by atoms with Gasteiger partial charge in [-0.3, -0.25) is 14.1 Å². The van der Waals surface area contributed by atoms with E-state index in [-0.39, 0.29) is 17.1 Å². The normalized spacial score (nSPS) is 17.1. The summed E-state index contributed by atoms with van der Waals surface area (Å²) in [5, 5.41) is 0.233. The molecule has 0 bridgehead atoms. The van der Waals surface area contributed by atoms with Crippen molar-refractivity contribution >= 4 is 29.0 Å². The average Bonchev–Trinajstić information content (AvgIpc) is 3.25. The van der Waals surface area contributed by atoms with Gasteiger partial charge in [0.25, 0.3) is 5.91 Å². The van der Waals surface area contributed by atoms with Crippen LogP contribution in [0.15, 0.2) is 36.7 Å². The molecule has 1 aliphatic heterocycles. The smallest absolute Gasteiger partial charge is 0.274 e. The minimum Gasteiger partial charge on any atom is -0.384 e. The number of nitrogen functional groups attached to an aromatic ring is 1. The second-order valence-electron chi connectivity index (χ2n) is 6.69. The van der Waals surface area contributed by atoms with Gasteiger partial charge in [-0.1, -0.05) is 17.7 Å². The van der Waals surface area contributed by atoms with Gasteiger partial charge in [-0.05, 0) is 31.7 Å². The Morgan fingerprint density at radius 3 is 3.04 bits per heavy atom. The number of aromatic nitrogens is 4. The lowest BCUT2D eigenvalue weighted by molar-refractivity contribution is 0.0772. The van der Waals surface area contributed by atoms with Crippen molar-refractivity contribution in [1.82, 2.24) is 29.2 Å². The van der Waals surface area contributed by atoms with E-state index >= 15 is 0 Å². The molecule has 2 N–H and O–H groups in total. The summed E-state index contributed by atoms with van der Waals surface area (Å²) in [5.41, 5.74) is 6.80. The van der Waals surface area contributed by atoms with Gasteiger partial charge >= 0.3 is 0 Å². The Morgan fingerprint density at radius 2 is 2.22 bits per heavy atom. The van der Waals surface area contributed by atoms with Crippen LogP contribution in [0.25, 0.3) is 5.65 Å². The maximum absolute atomic E-state index is 13.0. The minimum absolute atomic E-state index is 0.102. The minimum atomic E-state index is -0.102. The highest BCUT2D eigenvalue weighted by atomic mass is 35.5. The molecule has 3 aromatic heterocycles. The third kappa shape index (κ3) is 3.45. The summed E-state index contributed by atoms with van der Waals surface area (Å²) in [5.74, 6) is 1.03. The fourth-order valence-electron chi connectivity index (χ4n) is 3.44. The van der Waals surface area contributed by atoms with Crippen LogP contribution in [0.1, 0.15) is 22.7 Å². The summed E-state index contributed by atoms with van der Waals surface area (Å²) in [6.07, 6.45) is 4.33. The van der Waals surface area contributed by atoms with Crippen LogP contribution in [0.2, 0.25) is 5.15 Å². The number of rotatable bonds is 4. The molecule has 9 heteroatoms. The van der Waals surface area contributed by atoms with E-state index in [1.807, 2.05) is 30.1 Å². The van der Waals surface area contributed by atoms with Crippen LogP contribution in [-0.4, -0.2) is 61.2 Å². The van der Waals surface area contributed by atoms with Crippen molar-refractivity contribution in [3.05, 3.63) is 53.3 Å². The van der Waals surface area contributed by atoms with Gasteiger partial charge in [0, 0.05) is 31.5 Å². The first-order valence-corrected chi connectivity index (χ1v) is 9.10. The summed E-state index contributed by atoms with van der Waals surface area (Å²) in [6, 6.07) is 7.44. The number of amides is 1. The standard InChI is InChI=1S/C18H20ClN7O/c1-24(11-14-21-7-5-13(20)22-14)12-6-9-25(10-12)18(27)16-17(19)23-15-4-2-3-8-26(15)16/h2-5,7-8,12H,6,9-11H2,1H3,(H2,20,21,22)/t12-/m1/s1. The summed E-state index contributed by atoms with van der Waals surface area (Å²) in [6.45, 7) is 1.87. The van der Waals surface area contributed by atoms with Crippen LogP contribution in [0, 0.1) is 0 Å². The van der Waals surface area contributed by atoms with E-state index < -0.39 is 0 Å². The van der Waals surface area contributed by atoms with Crippen molar-refractivity contribution in [3.8, 4) is 0 Å². The number of hydrogen-bond donors (Lipinski definition) is 1. The number of anilines is 1. The number of nitrogens with two attached hydrogens (primary N) is 1. The van der Waals surface area contributed by atoms with Gasteiger partial charge in [0.05, 0.1) is 6.54 Å². The Bertz CT molecular complexity index is 989. The van der Waals surface area contributed by atoms with E-state index in [9.17, 15) is 4.79 Å². The summed E-state index contributed by atoms with van der Waals surface area (Å²) < 4.78 is 1.74. The van der Waals surface area contributed by atoms with Gasteiger partial charge in [0.15, 0.2) is 10.8 Å². The van der Waals surface area contributed by atoms with Gasteiger partial charge in [0.1, 0.15) is 17.3 Å². The van der Waals surface area contributed by atoms with E-state index in [0.717, 1.165) is 6.42 Å². The van der Waals surface area contributed by atoms with Crippen LogP contribution >= 0.6 is 11.6 Å². The van der Waals surface area contributed by atoms with E-state index in [1.165, 1.54) is 0 Å². The highest BCUT2D eigenvalue weighted by molar-refractivity contribution is 6.32. The molecule has 0 spiro atoms. The van der Waals surface area contributed by atoms with Crippen molar-refractivity contribution in [2.24, 2.45) is 0 Å². The number of fused-ring (bicyclic) bond motifs is 1.